The van der Waals surface area contributed by atoms with E-state index in [0.29, 0.717) is 0 Å². The molecule has 2 aromatic rings. The van der Waals surface area contributed by atoms with Gasteiger partial charge in [-0.1, -0.05) is 17.8 Å². The van der Waals surface area contributed by atoms with Crippen LogP contribution in [0.4, 0.5) is 11.5 Å². The minimum absolute atomic E-state index is 0.0353. The van der Waals surface area contributed by atoms with Gasteiger partial charge in [0.15, 0.2) is 11.6 Å². The molecule has 32 heavy (non-hydrogen) atoms. The Labute approximate surface area is 193 Å². The van der Waals surface area contributed by atoms with E-state index in [9.17, 15) is 4.79 Å². The first-order chi connectivity index (χ1) is 15.6. The number of hydrogen-bond acceptors (Lipinski definition) is 8. The molecule has 1 amide bonds. The Morgan fingerprint density at radius 3 is 2.75 bits per heavy atom. The molecule has 1 aromatic carbocycles. The minimum atomic E-state index is -0.206. The SMILES string of the molecule is CN1CCN(c2ncc(Sc3cccc(NC(=O)CN)c3)cc2OC2CCNCC2)CC1. The summed E-state index contributed by atoms with van der Waals surface area (Å²) < 4.78 is 6.49. The second kappa shape index (κ2) is 11.0. The molecule has 8 nitrogen and oxygen atoms in total. The zero-order valence-corrected chi connectivity index (χ0v) is 19.4. The van der Waals surface area contributed by atoms with Crippen LogP contribution in [0.5, 0.6) is 5.75 Å². The molecule has 2 aliphatic heterocycles. The number of nitrogens with two attached hydrogens (primary N) is 1. The number of ether oxygens (including phenoxy) is 1. The Kier molecular flexibility index (Phi) is 7.85. The molecule has 0 saturated carbocycles. The molecule has 0 atom stereocenters. The molecule has 0 radical (unpaired) electrons. The van der Waals surface area contributed by atoms with Crippen LogP contribution in [0.15, 0.2) is 46.3 Å². The number of nitrogens with one attached hydrogen (secondary N) is 2. The number of pyridine rings is 1. The fourth-order valence-corrected chi connectivity index (χ4v) is 4.77. The van der Waals surface area contributed by atoms with Gasteiger partial charge in [-0.2, -0.15) is 0 Å². The summed E-state index contributed by atoms with van der Waals surface area (Å²) in [6, 6.07) is 9.86. The van der Waals surface area contributed by atoms with Gasteiger partial charge in [-0.25, -0.2) is 4.98 Å². The molecule has 2 aliphatic rings. The first-order valence-corrected chi connectivity index (χ1v) is 12.0. The van der Waals surface area contributed by atoms with E-state index in [4.69, 9.17) is 15.5 Å². The van der Waals surface area contributed by atoms with Crippen LogP contribution in [0.3, 0.4) is 0 Å². The second-order valence-corrected chi connectivity index (χ2v) is 9.38. The third-order valence-electron chi connectivity index (χ3n) is 5.73. The topological polar surface area (TPSA) is 95.8 Å². The van der Waals surface area contributed by atoms with Crippen molar-refractivity contribution in [3.63, 3.8) is 0 Å². The minimum Gasteiger partial charge on any atom is -0.486 e. The quantitative estimate of drug-likeness (QED) is 0.582. The van der Waals surface area contributed by atoms with Crippen LogP contribution in [-0.4, -0.2) is 74.8 Å². The van der Waals surface area contributed by atoms with Crippen molar-refractivity contribution in [2.45, 2.75) is 28.7 Å². The van der Waals surface area contributed by atoms with Gasteiger partial charge in [-0.15, -0.1) is 0 Å². The molecule has 1 aromatic heterocycles. The third kappa shape index (κ3) is 6.13. The summed E-state index contributed by atoms with van der Waals surface area (Å²) in [4.78, 5) is 23.1. The largest absolute Gasteiger partial charge is 0.486 e. The number of piperidine rings is 1. The number of aromatic nitrogens is 1. The van der Waals surface area contributed by atoms with Crippen molar-refractivity contribution in [2.24, 2.45) is 5.73 Å². The highest BCUT2D eigenvalue weighted by molar-refractivity contribution is 7.99. The molecular weight excluding hydrogens is 424 g/mol. The molecule has 0 bridgehead atoms. The molecule has 2 fully saturated rings. The number of anilines is 2. The lowest BCUT2D eigenvalue weighted by atomic mass is 10.1. The molecule has 4 rings (SSSR count). The number of benzene rings is 1. The van der Waals surface area contributed by atoms with E-state index in [1.807, 2.05) is 30.5 Å². The first-order valence-electron chi connectivity index (χ1n) is 11.2. The number of likely N-dealkylation sites (N-methyl/N-ethyl adjacent to an activating group) is 1. The van der Waals surface area contributed by atoms with Crippen LogP contribution in [0, 0.1) is 0 Å². The van der Waals surface area contributed by atoms with Crippen molar-refractivity contribution in [3.05, 3.63) is 36.5 Å². The highest BCUT2D eigenvalue weighted by Crippen LogP contribution is 2.36. The van der Waals surface area contributed by atoms with E-state index < -0.39 is 0 Å². The van der Waals surface area contributed by atoms with E-state index >= 15 is 0 Å². The fraction of sp³-hybridized carbons (Fsp3) is 0.478. The predicted octanol–water partition coefficient (Wildman–Crippen LogP) is 2.01. The lowest BCUT2D eigenvalue weighted by molar-refractivity contribution is -0.114. The van der Waals surface area contributed by atoms with Gasteiger partial charge in [-0.3, -0.25) is 4.79 Å². The van der Waals surface area contributed by atoms with Crippen molar-refractivity contribution in [1.82, 2.24) is 15.2 Å². The number of piperazine rings is 1. The number of carbonyl (C=O) groups is 1. The van der Waals surface area contributed by atoms with Crippen LogP contribution in [0.2, 0.25) is 0 Å². The van der Waals surface area contributed by atoms with Crippen LogP contribution >= 0.6 is 11.8 Å². The summed E-state index contributed by atoms with van der Waals surface area (Å²) in [5.41, 5.74) is 6.14. The Bertz CT molecular complexity index is 913. The molecule has 3 heterocycles. The van der Waals surface area contributed by atoms with Gasteiger partial charge in [0.1, 0.15) is 6.10 Å². The van der Waals surface area contributed by atoms with Gasteiger partial charge < -0.3 is 30.9 Å². The lowest BCUT2D eigenvalue weighted by Gasteiger charge is -2.35. The Hall–Kier alpha value is -2.33. The summed E-state index contributed by atoms with van der Waals surface area (Å²) in [5.74, 6) is 1.59. The van der Waals surface area contributed by atoms with E-state index in [1.54, 1.807) is 11.8 Å². The van der Waals surface area contributed by atoms with Crippen molar-refractivity contribution in [1.29, 1.82) is 0 Å². The van der Waals surface area contributed by atoms with E-state index in [0.717, 1.165) is 79.2 Å². The fourth-order valence-electron chi connectivity index (χ4n) is 3.90. The summed E-state index contributed by atoms with van der Waals surface area (Å²) in [7, 11) is 2.15. The molecule has 9 heteroatoms. The van der Waals surface area contributed by atoms with Gasteiger partial charge >= 0.3 is 0 Å². The summed E-state index contributed by atoms with van der Waals surface area (Å²) in [5, 5.41) is 6.20. The molecular formula is C23H32N6O2S. The zero-order chi connectivity index (χ0) is 22.3. The van der Waals surface area contributed by atoms with E-state index in [1.165, 1.54) is 0 Å². The van der Waals surface area contributed by atoms with Gasteiger partial charge in [0.25, 0.3) is 0 Å². The Morgan fingerprint density at radius 2 is 2.00 bits per heavy atom. The Balaban J connectivity index is 1.54. The average molecular weight is 457 g/mol. The van der Waals surface area contributed by atoms with E-state index in [2.05, 4.69) is 33.5 Å². The number of rotatable bonds is 7. The molecule has 172 valence electrons. The predicted molar refractivity (Wildman–Crippen MR) is 129 cm³/mol. The summed E-state index contributed by atoms with van der Waals surface area (Å²) in [6.45, 7) is 5.86. The molecule has 0 aliphatic carbocycles. The van der Waals surface area contributed by atoms with Crippen LogP contribution in [0.1, 0.15) is 12.8 Å². The first kappa shape index (κ1) is 22.8. The van der Waals surface area contributed by atoms with Gasteiger partial charge in [0.2, 0.25) is 5.91 Å². The Morgan fingerprint density at radius 1 is 1.22 bits per heavy atom. The van der Waals surface area contributed by atoms with Crippen LogP contribution in [-0.2, 0) is 4.79 Å². The normalized spacial score (nSPS) is 17.9. The maximum absolute atomic E-state index is 11.6. The number of amides is 1. The van der Waals surface area contributed by atoms with Crippen molar-refractivity contribution < 1.29 is 9.53 Å². The lowest BCUT2D eigenvalue weighted by Crippen LogP contribution is -2.45. The maximum Gasteiger partial charge on any atom is 0.238 e. The zero-order valence-electron chi connectivity index (χ0n) is 18.5. The number of hydrogen-bond donors (Lipinski definition) is 3. The van der Waals surface area contributed by atoms with Gasteiger partial charge in [-0.05, 0) is 57.2 Å². The molecule has 0 unspecified atom stereocenters. The maximum atomic E-state index is 11.6. The van der Waals surface area contributed by atoms with Crippen molar-refractivity contribution in [3.8, 4) is 5.75 Å². The molecule has 4 N–H and O–H groups in total. The summed E-state index contributed by atoms with van der Waals surface area (Å²) >= 11 is 1.60. The monoisotopic (exact) mass is 456 g/mol. The third-order valence-corrected chi connectivity index (χ3v) is 6.68. The van der Waals surface area contributed by atoms with Crippen molar-refractivity contribution >= 4 is 29.2 Å². The number of carbonyl (C=O) groups excluding carboxylic acids is 1. The average Bonchev–Trinajstić information content (AvgIpc) is 2.81. The standard InChI is InChI=1S/C23H32N6O2S/c1-28-9-11-29(12-10-28)23-21(31-18-5-7-25-8-6-18)14-20(16-26-23)32-19-4-2-3-17(13-19)27-22(30)15-24/h2-4,13-14,16,18,25H,5-12,15,24H2,1H3,(H,27,30). The van der Waals surface area contributed by atoms with Crippen molar-refractivity contribution in [2.75, 3.05) is 63.1 Å². The van der Waals surface area contributed by atoms with Gasteiger partial charge in [0, 0.05) is 47.9 Å². The highest BCUT2D eigenvalue weighted by atomic mass is 32.2. The smallest absolute Gasteiger partial charge is 0.238 e. The number of nitrogens with zero attached hydrogens (tertiary/aromatic N) is 3. The van der Waals surface area contributed by atoms with Gasteiger partial charge in [0.05, 0.1) is 6.54 Å². The molecule has 0 spiro atoms. The molecule has 2 saturated heterocycles. The van der Waals surface area contributed by atoms with Crippen LogP contribution in [0.25, 0.3) is 0 Å². The van der Waals surface area contributed by atoms with E-state index in [-0.39, 0.29) is 18.6 Å². The highest BCUT2D eigenvalue weighted by Gasteiger charge is 2.23. The summed E-state index contributed by atoms with van der Waals surface area (Å²) in [6.07, 6.45) is 4.13. The van der Waals surface area contributed by atoms with Crippen LogP contribution < -0.4 is 26.0 Å². The second-order valence-electron chi connectivity index (χ2n) is 8.23.